The lowest BCUT2D eigenvalue weighted by atomic mass is 9.78. The minimum absolute atomic E-state index is 0.507. The molecule has 1 N–H and O–H groups in total. The number of aromatic nitrogens is 2. The van der Waals surface area contributed by atoms with Crippen molar-refractivity contribution in [2.45, 2.75) is 71.9 Å². The van der Waals surface area contributed by atoms with Crippen molar-refractivity contribution in [3.8, 4) is 0 Å². The van der Waals surface area contributed by atoms with Crippen molar-refractivity contribution >= 4 is 0 Å². The van der Waals surface area contributed by atoms with Gasteiger partial charge in [-0.05, 0) is 44.1 Å². The van der Waals surface area contributed by atoms with Gasteiger partial charge in [0.15, 0.2) is 0 Å². The van der Waals surface area contributed by atoms with Crippen molar-refractivity contribution in [1.29, 1.82) is 0 Å². The molecule has 0 radical (unpaired) electrons. The standard InChI is InChI=1S/C17H31N3/c1-4-10-18-17(15-8-6-14(3)7-9-15)16-12-19-20(13-16)11-5-2/h12-15,17-18H,4-11H2,1-3H3. The first-order chi connectivity index (χ1) is 9.74. The van der Waals surface area contributed by atoms with Crippen LogP contribution in [0.4, 0.5) is 0 Å². The quantitative estimate of drug-likeness (QED) is 0.811. The van der Waals surface area contributed by atoms with E-state index in [1.165, 1.54) is 37.7 Å². The van der Waals surface area contributed by atoms with Crippen LogP contribution < -0.4 is 5.32 Å². The summed E-state index contributed by atoms with van der Waals surface area (Å²) in [6, 6.07) is 0.507. The van der Waals surface area contributed by atoms with Gasteiger partial charge in [-0.1, -0.05) is 33.6 Å². The number of nitrogens with one attached hydrogen (secondary N) is 1. The molecule has 3 heteroatoms. The normalized spacial score (nSPS) is 24.8. The van der Waals surface area contributed by atoms with Crippen LogP contribution in [0.1, 0.15) is 70.9 Å². The first kappa shape index (κ1) is 15.6. The van der Waals surface area contributed by atoms with E-state index in [4.69, 9.17) is 0 Å². The molecule has 1 unspecified atom stereocenters. The van der Waals surface area contributed by atoms with E-state index in [1.54, 1.807) is 0 Å². The molecule has 1 atom stereocenters. The third kappa shape index (κ3) is 4.08. The molecule has 1 aliphatic carbocycles. The van der Waals surface area contributed by atoms with Crippen LogP contribution in [0, 0.1) is 11.8 Å². The summed E-state index contributed by atoms with van der Waals surface area (Å²) in [5.74, 6) is 1.71. The zero-order valence-electron chi connectivity index (χ0n) is 13.4. The molecule has 0 aromatic carbocycles. The fourth-order valence-corrected chi connectivity index (χ4v) is 3.37. The topological polar surface area (TPSA) is 29.9 Å². The Kier molecular flexibility index (Phi) is 6.08. The Bertz CT molecular complexity index is 377. The van der Waals surface area contributed by atoms with Crippen LogP contribution in [-0.4, -0.2) is 16.3 Å². The van der Waals surface area contributed by atoms with Gasteiger partial charge in [-0.2, -0.15) is 5.10 Å². The maximum Gasteiger partial charge on any atom is 0.0537 e. The molecule has 1 heterocycles. The van der Waals surface area contributed by atoms with Gasteiger partial charge in [-0.15, -0.1) is 0 Å². The summed E-state index contributed by atoms with van der Waals surface area (Å²) in [6.45, 7) is 8.98. The number of hydrogen-bond acceptors (Lipinski definition) is 2. The van der Waals surface area contributed by atoms with Gasteiger partial charge in [-0.25, -0.2) is 0 Å². The van der Waals surface area contributed by atoms with E-state index in [9.17, 15) is 0 Å². The highest BCUT2D eigenvalue weighted by Gasteiger charge is 2.27. The molecule has 114 valence electrons. The second-order valence-electron chi connectivity index (χ2n) is 6.49. The number of nitrogens with zero attached hydrogens (tertiary/aromatic N) is 2. The predicted octanol–water partition coefficient (Wildman–Crippen LogP) is 4.16. The number of hydrogen-bond donors (Lipinski definition) is 1. The van der Waals surface area contributed by atoms with Crippen molar-refractivity contribution in [1.82, 2.24) is 15.1 Å². The second-order valence-corrected chi connectivity index (χ2v) is 6.49. The van der Waals surface area contributed by atoms with Gasteiger partial charge in [0, 0.05) is 24.3 Å². The van der Waals surface area contributed by atoms with Crippen LogP contribution >= 0.6 is 0 Å². The molecule has 0 bridgehead atoms. The highest BCUT2D eigenvalue weighted by molar-refractivity contribution is 5.12. The minimum atomic E-state index is 0.507. The van der Waals surface area contributed by atoms with Gasteiger partial charge in [0.05, 0.1) is 6.20 Å². The molecule has 0 saturated heterocycles. The van der Waals surface area contributed by atoms with E-state index in [-0.39, 0.29) is 0 Å². The minimum Gasteiger partial charge on any atom is -0.310 e. The lowest BCUT2D eigenvalue weighted by molar-refractivity contribution is 0.231. The first-order valence-electron chi connectivity index (χ1n) is 8.50. The lowest BCUT2D eigenvalue weighted by Crippen LogP contribution is -2.31. The third-order valence-corrected chi connectivity index (χ3v) is 4.61. The van der Waals surface area contributed by atoms with Gasteiger partial charge in [-0.3, -0.25) is 4.68 Å². The average molecular weight is 277 g/mol. The maximum atomic E-state index is 4.52. The summed E-state index contributed by atoms with van der Waals surface area (Å²) < 4.78 is 2.10. The zero-order chi connectivity index (χ0) is 14.4. The smallest absolute Gasteiger partial charge is 0.0537 e. The largest absolute Gasteiger partial charge is 0.310 e. The molecule has 0 aliphatic heterocycles. The van der Waals surface area contributed by atoms with Crippen LogP contribution in [0.5, 0.6) is 0 Å². The number of aryl methyl sites for hydroxylation is 1. The Hall–Kier alpha value is -0.830. The molecule has 1 aliphatic rings. The molecule has 20 heavy (non-hydrogen) atoms. The summed E-state index contributed by atoms with van der Waals surface area (Å²) in [5, 5.41) is 8.29. The molecule has 1 aromatic rings. The summed E-state index contributed by atoms with van der Waals surface area (Å²) in [5.41, 5.74) is 1.39. The molecule has 2 rings (SSSR count). The number of rotatable bonds is 7. The van der Waals surface area contributed by atoms with E-state index >= 15 is 0 Å². The first-order valence-corrected chi connectivity index (χ1v) is 8.50. The summed E-state index contributed by atoms with van der Waals surface area (Å²) in [4.78, 5) is 0. The predicted molar refractivity (Wildman–Crippen MR) is 84.7 cm³/mol. The van der Waals surface area contributed by atoms with Gasteiger partial charge < -0.3 is 5.32 Å². The fourth-order valence-electron chi connectivity index (χ4n) is 3.37. The summed E-state index contributed by atoms with van der Waals surface area (Å²) in [7, 11) is 0. The van der Waals surface area contributed by atoms with Crippen LogP contribution in [0.15, 0.2) is 12.4 Å². The van der Waals surface area contributed by atoms with Crippen LogP contribution in [-0.2, 0) is 6.54 Å². The second kappa shape index (κ2) is 7.82. The fraction of sp³-hybridized carbons (Fsp3) is 0.824. The molecule has 1 fully saturated rings. The molecule has 0 amide bonds. The van der Waals surface area contributed by atoms with Crippen molar-refractivity contribution < 1.29 is 0 Å². The highest BCUT2D eigenvalue weighted by Crippen LogP contribution is 2.36. The Labute approximate surface area is 124 Å². The Morgan fingerprint density at radius 2 is 2.00 bits per heavy atom. The van der Waals surface area contributed by atoms with Gasteiger partial charge in [0.1, 0.15) is 0 Å². The van der Waals surface area contributed by atoms with Crippen LogP contribution in [0.25, 0.3) is 0 Å². The SMILES string of the molecule is CCCNC(c1cnn(CCC)c1)C1CCC(C)CC1. The van der Waals surface area contributed by atoms with Gasteiger partial charge in [0.2, 0.25) is 0 Å². The summed E-state index contributed by atoms with van der Waals surface area (Å²) >= 11 is 0. The maximum absolute atomic E-state index is 4.52. The van der Waals surface area contributed by atoms with Crippen molar-refractivity contribution in [2.75, 3.05) is 6.54 Å². The van der Waals surface area contributed by atoms with Crippen molar-refractivity contribution in [3.05, 3.63) is 18.0 Å². The van der Waals surface area contributed by atoms with Crippen molar-refractivity contribution in [2.24, 2.45) is 11.8 Å². The highest BCUT2D eigenvalue weighted by atomic mass is 15.3. The Morgan fingerprint density at radius 3 is 2.65 bits per heavy atom. The molecule has 0 spiro atoms. The van der Waals surface area contributed by atoms with E-state index in [0.717, 1.165) is 31.3 Å². The molecule has 3 nitrogen and oxygen atoms in total. The van der Waals surface area contributed by atoms with E-state index in [0.29, 0.717) is 6.04 Å². The average Bonchev–Trinajstić information content (AvgIpc) is 2.90. The Morgan fingerprint density at radius 1 is 1.25 bits per heavy atom. The van der Waals surface area contributed by atoms with Crippen molar-refractivity contribution in [3.63, 3.8) is 0 Å². The summed E-state index contributed by atoms with van der Waals surface area (Å²) in [6.07, 6.45) is 12.2. The molecular formula is C17H31N3. The molecule has 1 saturated carbocycles. The van der Waals surface area contributed by atoms with E-state index < -0.39 is 0 Å². The molecule has 1 aromatic heterocycles. The van der Waals surface area contributed by atoms with Crippen LogP contribution in [0.3, 0.4) is 0 Å². The third-order valence-electron chi connectivity index (χ3n) is 4.61. The lowest BCUT2D eigenvalue weighted by Gasteiger charge is -2.33. The van der Waals surface area contributed by atoms with E-state index in [1.807, 2.05) is 0 Å². The monoisotopic (exact) mass is 277 g/mol. The van der Waals surface area contributed by atoms with E-state index in [2.05, 4.69) is 48.3 Å². The van der Waals surface area contributed by atoms with Gasteiger partial charge >= 0.3 is 0 Å². The van der Waals surface area contributed by atoms with Gasteiger partial charge in [0.25, 0.3) is 0 Å². The van der Waals surface area contributed by atoms with Crippen LogP contribution in [0.2, 0.25) is 0 Å². The molecular weight excluding hydrogens is 246 g/mol. The Balaban J connectivity index is 2.05. The zero-order valence-corrected chi connectivity index (χ0v) is 13.4.